The van der Waals surface area contributed by atoms with Gasteiger partial charge in [0.05, 0.1) is 0 Å². The molecule has 0 aliphatic rings. The predicted molar refractivity (Wildman–Crippen MR) is 18.9 cm³/mol. The second-order valence-corrected chi connectivity index (χ2v) is 0.739. The Bertz CT molecular complexity index is 38.5. The predicted octanol–water partition coefficient (Wildman–Crippen LogP) is -2.60. The Morgan fingerprint density at radius 3 is 2.00 bits per heavy atom. The third kappa shape index (κ3) is 9.00. The van der Waals surface area contributed by atoms with Crippen molar-refractivity contribution >= 4 is 0 Å². The Hall–Kier alpha value is -0.00260. The van der Waals surface area contributed by atoms with Crippen molar-refractivity contribution in [3.05, 3.63) is 12.0 Å². The van der Waals surface area contributed by atoms with Crippen molar-refractivity contribution < 1.29 is 18.9 Å². The average Bonchev–Trinajstić information content (AvgIpc) is 1.38. The molecule has 4 heteroatoms. The molecule has 0 unspecified atom stereocenters. The largest absolute Gasteiger partial charge is 1.00 e. The van der Waals surface area contributed by atoms with Crippen LogP contribution >= 0.6 is 0 Å². The first-order chi connectivity index (χ1) is 2.27. The number of nitrogens with zero attached hydrogens (tertiary/aromatic N) is 2. The summed E-state index contributed by atoms with van der Waals surface area (Å²) in [4.78, 5) is 9.12. The average molecular weight is 80.0 g/mol. The van der Waals surface area contributed by atoms with Crippen LogP contribution in [0.4, 0.5) is 0 Å². The van der Waals surface area contributed by atoms with Gasteiger partial charge in [0.2, 0.25) is 0 Å². The Kier molecular flexibility index (Phi) is 7.81. The van der Waals surface area contributed by atoms with Gasteiger partial charge in [-0.15, -0.1) is 4.91 Å². The van der Waals surface area contributed by atoms with E-state index in [0.717, 1.165) is 5.01 Å². The molecule has 0 aliphatic carbocycles. The maximum absolute atomic E-state index is 9.12. The van der Waals surface area contributed by atoms with Gasteiger partial charge >= 0.3 is 18.9 Å². The Morgan fingerprint density at radius 1 is 1.83 bits per heavy atom. The van der Waals surface area contributed by atoms with E-state index in [-0.39, 0.29) is 18.9 Å². The van der Waals surface area contributed by atoms with E-state index in [4.69, 9.17) is 4.91 Å². The third-order valence-corrected chi connectivity index (χ3v) is 0.139. The molecule has 0 amide bonds. The van der Waals surface area contributed by atoms with Crippen molar-refractivity contribution in [3.8, 4) is 0 Å². The summed E-state index contributed by atoms with van der Waals surface area (Å²) in [5.41, 5.74) is 0. The van der Waals surface area contributed by atoms with Gasteiger partial charge in [-0.2, -0.15) is 0 Å². The van der Waals surface area contributed by atoms with E-state index in [9.17, 15) is 0 Å². The molecular weight excluding hydrogens is 75.0 g/mol. The zero-order chi connectivity index (χ0) is 4.28. The fourth-order valence-corrected chi connectivity index (χ4v) is 0. The summed E-state index contributed by atoms with van der Waals surface area (Å²) < 4.78 is 0. The van der Waals surface area contributed by atoms with E-state index < -0.39 is 0 Å². The normalized spacial score (nSPS) is 5.67. The molecule has 0 fully saturated rings. The first-order valence-corrected chi connectivity index (χ1v) is 1.15. The third-order valence-electron chi connectivity index (χ3n) is 0.139. The minimum atomic E-state index is 0. The molecule has 0 aliphatic heterocycles. The zero-order valence-corrected chi connectivity index (χ0v) is 4.01. The minimum Gasteiger partial charge on any atom is -0.412 e. The smallest absolute Gasteiger partial charge is 0.412 e. The summed E-state index contributed by atoms with van der Waals surface area (Å²) in [7, 11) is 4.58. The summed E-state index contributed by atoms with van der Waals surface area (Å²) in [6, 6.07) is 0. The van der Waals surface area contributed by atoms with Crippen LogP contribution in [0.3, 0.4) is 0 Å². The molecule has 0 aromatic heterocycles. The van der Waals surface area contributed by atoms with Gasteiger partial charge in [0.25, 0.3) is 0 Å². The molecule has 0 atom stereocenters. The Labute approximate surface area is 48.8 Å². The van der Waals surface area contributed by atoms with Crippen LogP contribution in [0, 0.1) is 12.0 Å². The van der Waals surface area contributed by atoms with Gasteiger partial charge < -0.3 is 5.01 Å². The maximum atomic E-state index is 9.12. The number of hydrogen-bond acceptors (Lipinski definition) is 2. The van der Waals surface area contributed by atoms with Crippen LogP contribution in [0.1, 0.15) is 0 Å². The standard InChI is InChI=1S/C2H5N2O.Li/c1-4(2)3-5;/h1H2,2H3;/q-1;+1. The number of nitroso groups, excluding NO2 is 1. The van der Waals surface area contributed by atoms with E-state index in [2.05, 4.69) is 12.3 Å². The van der Waals surface area contributed by atoms with Crippen molar-refractivity contribution in [1.82, 2.24) is 5.01 Å². The maximum Gasteiger partial charge on any atom is 1.00 e. The molecule has 0 saturated heterocycles. The SMILES string of the molecule is [CH2-]N(C)N=O.[Li+]. The molecule has 30 valence electrons. The van der Waals surface area contributed by atoms with Crippen LogP contribution in [0.15, 0.2) is 5.29 Å². The van der Waals surface area contributed by atoms with Crippen LogP contribution in [0.2, 0.25) is 0 Å². The first-order valence-electron chi connectivity index (χ1n) is 1.15. The second kappa shape index (κ2) is 5.00. The summed E-state index contributed by atoms with van der Waals surface area (Å²) in [5, 5.41) is 3.31. The van der Waals surface area contributed by atoms with Gasteiger partial charge in [0, 0.05) is 5.29 Å². The molecule has 0 rings (SSSR count). The molecular formula is C2H5LiN2O. The quantitative estimate of drug-likeness (QED) is 0.150. The van der Waals surface area contributed by atoms with E-state index >= 15 is 0 Å². The topological polar surface area (TPSA) is 32.7 Å². The second-order valence-electron chi connectivity index (χ2n) is 0.739. The van der Waals surface area contributed by atoms with Crippen molar-refractivity contribution in [3.63, 3.8) is 0 Å². The first kappa shape index (κ1) is 9.37. The fourth-order valence-electron chi connectivity index (χ4n) is 0. The van der Waals surface area contributed by atoms with Gasteiger partial charge in [-0.25, -0.2) is 7.05 Å². The van der Waals surface area contributed by atoms with Crippen LogP contribution in [-0.4, -0.2) is 12.1 Å². The van der Waals surface area contributed by atoms with Gasteiger partial charge in [0.1, 0.15) is 0 Å². The van der Waals surface area contributed by atoms with E-state index in [0.29, 0.717) is 0 Å². The van der Waals surface area contributed by atoms with Gasteiger partial charge in [0.15, 0.2) is 0 Å². The number of hydrogen-bond donors (Lipinski definition) is 0. The van der Waals surface area contributed by atoms with Crippen molar-refractivity contribution in [2.45, 2.75) is 0 Å². The molecule has 0 saturated carbocycles. The van der Waals surface area contributed by atoms with Gasteiger partial charge in [-0.05, 0) is 7.05 Å². The number of rotatable bonds is 1. The minimum absolute atomic E-state index is 0. The molecule has 0 heterocycles. The molecule has 0 radical (unpaired) electrons. The summed E-state index contributed by atoms with van der Waals surface area (Å²) in [6.45, 7) is 0. The van der Waals surface area contributed by atoms with Crippen molar-refractivity contribution in [1.29, 1.82) is 0 Å². The van der Waals surface area contributed by atoms with Crippen LogP contribution in [0.25, 0.3) is 0 Å². The molecule has 0 spiro atoms. The van der Waals surface area contributed by atoms with E-state index in [1.54, 1.807) is 0 Å². The van der Waals surface area contributed by atoms with Gasteiger partial charge in [-0.3, -0.25) is 0 Å². The zero-order valence-electron chi connectivity index (χ0n) is 4.01. The van der Waals surface area contributed by atoms with Gasteiger partial charge in [-0.1, -0.05) is 0 Å². The van der Waals surface area contributed by atoms with Crippen LogP contribution < -0.4 is 18.9 Å². The monoisotopic (exact) mass is 80.1 g/mol. The van der Waals surface area contributed by atoms with Crippen molar-refractivity contribution in [2.75, 3.05) is 7.05 Å². The molecule has 0 bridgehead atoms. The fraction of sp³-hybridized carbons (Fsp3) is 0.500. The molecule has 0 N–H and O–H groups in total. The van der Waals surface area contributed by atoms with Crippen molar-refractivity contribution in [2.24, 2.45) is 5.29 Å². The van der Waals surface area contributed by atoms with Crippen LogP contribution in [0.5, 0.6) is 0 Å². The summed E-state index contributed by atoms with van der Waals surface area (Å²) in [5.74, 6) is 0. The Balaban J connectivity index is 0. The summed E-state index contributed by atoms with van der Waals surface area (Å²) in [6.07, 6.45) is 0. The van der Waals surface area contributed by atoms with Crippen LogP contribution in [-0.2, 0) is 0 Å². The van der Waals surface area contributed by atoms with E-state index in [1.807, 2.05) is 0 Å². The molecule has 6 heavy (non-hydrogen) atoms. The Morgan fingerprint density at radius 2 is 2.00 bits per heavy atom. The molecule has 0 aromatic rings. The molecule has 0 aromatic carbocycles. The summed E-state index contributed by atoms with van der Waals surface area (Å²) >= 11 is 0. The molecule has 3 nitrogen and oxygen atoms in total. The van der Waals surface area contributed by atoms with E-state index in [1.165, 1.54) is 7.05 Å².